The maximum Gasteiger partial charge on any atom is 0.257 e. The number of nitrogens with zero attached hydrogens (tertiary/aromatic N) is 2. The van der Waals surface area contributed by atoms with Crippen LogP contribution in [-0.2, 0) is 6.42 Å². The summed E-state index contributed by atoms with van der Waals surface area (Å²) in [5.41, 5.74) is 6.35. The minimum absolute atomic E-state index is 0.0371. The van der Waals surface area contributed by atoms with Crippen molar-refractivity contribution in [2.24, 2.45) is 17.8 Å². The number of aryl methyl sites for hydroxylation is 2. The van der Waals surface area contributed by atoms with Gasteiger partial charge in [0.05, 0.1) is 5.56 Å². The van der Waals surface area contributed by atoms with Crippen molar-refractivity contribution in [2.75, 3.05) is 18.4 Å². The van der Waals surface area contributed by atoms with Crippen LogP contribution in [0.4, 0.5) is 5.69 Å². The molecule has 0 radical (unpaired) electrons. The van der Waals surface area contributed by atoms with Gasteiger partial charge >= 0.3 is 0 Å². The minimum atomic E-state index is -0.218. The Labute approximate surface area is 207 Å². The Kier molecular flexibility index (Phi) is 6.18. The summed E-state index contributed by atoms with van der Waals surface area (Å²) in [6, 6.07) is 18.1. The molecule has 0 spiro atoms. The fraction of sp³-hybridized carbons (Fsp3) is 0.367. The van der Waals surface area contributed by atoms with Crippen molar-refractivity contribution in [3.63, 3.8) is 0 Å². The predicted octanol–water partition coefficient (Wildman–Crippen LogP) is 5.63. The Balaban J connectivity index is 1.23. The smallest absolute Gasteiger partial charge is 0.257 e. The number of carbonyl (C=O) groups excluding carboxylic acids is 2. The zero-order chi connectivity index (χ0) is 24.7. The second kappa shape index (κ2) is 9.29. The Morgan fingerprint density at radius 1 is 0.971 bits per heavy atom. The number of aromatic nitrogens is 1. The van der Waals surface area contributed by atoms with Gasteiger partial charge in [0.1, 0.15) is 0 Å². The molecular formula is C30H33N3O2. The topological polar surface area (TPSA) is 62.3 Å². The SMILES string of the molecule is Cc1ccc(C2[C@H]3CN(C(=O)c4ccc(C)c(NC(=O)c5ccc(CC(C)C)nc5)c4)C[C@@H]23)cc1. The Morgan fingerprint density at radius 2 is 1.66 bits per heavy atom. The maximum atomic E-state index is 13.2. The van der Waals surface area contributed by atoms with E-state index in [-0.39, 0.29) is 11.8 Å². The maximum absolute atomic E-state index is 13.2. The van der Waals surface area contributed by atoms with Gasteiger partial charge in [-0.3, -0.25) is 14.6 Å². The van der Waals surface area contributed by atoms with Gasteiger partial charge in [-0.1, -0.05) is 49.7 Å². The van der Waals surface area contributed by atoms with Gasteiger partial charge in [-0.25, -0.2) is 0 Å². The van der Waals surface area contributed by atoms with E-state index in [9.17, 15) is 9.59 Å². The van der Waals surface area contributed by atoms with Crippen molar-refractivity contribution in [3.05, 3.63) is 94.3 Å². The normalized spacial score (nSPS) is 20.6. The van der Waals surface area contributed by atoms with E-state index in [0.717, 1.165) is 30.8 Å². The van der Waals surface area contributed by atoms with Crippen LogP contribution in [0.1, 0.15) is 62.9 Å². The number of amides is 2. The van der Waals surface area contributed by atoms with Crippen LogP contribution >= 0.6 is 0 Å². The molecule has 2 amide bonds. The van der Waals surface area contributed by atoms with Crippen LogP contribution in [0.25, 0.3) is 0 Å². The molecule has 180 valence electrons. The summed E-state index contributed by atoms with van der Waals surface area (Å²) in [5, 5.41) is 2.97. The molecule has 1 aromatic heterocycles. The van der Waals surface area contributed by atoms with Crippen molar-refractivity contribution in [3.8, 4) is 0 Å². The van der Waals surface area contributed by atoms with Crippen LogP contribution < -0.4 is 5.32 Å². The number of nitrogens with one attached hydrogen (secondary N) is 1. The van der Waals surface area contributed by atoms with Gasteiger partial charge in [0.2, 0.25) is 0 Å². The molecule has 1 unspecified atom stereocenters. The van der Waals surface area contributed by atoms with E-state index in [0.29, 0.717) is 40.5 Å². The number of anilines is 1. The number of piperidine rings is 1. The van der Waals surface area contributed by atoms with Crippen molar-refractivity contribution < 1.29 is 9.59 Å². The first-order valence-corrected chi connectivity index (χ1v) is 12.5. The number of likely N-dealkylation sites (tertiary alicyclic amines) is 1. The largest absolute Gasteiger partial charge is 0.338 e. The van der Waals surface area contributed by atoms with Crippen LogP contribution in [0.15, 0.2) is 60.8 Å². The molecule has 3 atom stereocenters. The molecule has 0 bridgehead atoms. The van der Waals surface area contributed by atoms with Crippen molar-refractivity contribution in [2.45, 2.75) is 40.0 Å². The molecule has 5 rings (SSSR count). The second-order valence-electron chi connectivity index (χ2n) is 10.6. The van der Waals surface area contributed by atoms with Crippen LogP contribution in [0.2, 0.25) is 0 Å². The fourth-order valence-electron chi connectivity index (χ4n) is 5.34. The third-order valence-electron chi connectivity index (χ3n) is 7.38. The zero-order valence-corrected chi connectivity index (χ0v) is 20.9. The number of hydrogen-bond acceptors (Lipinski definition) is 3. The first-order valence-electron chi connectivity index (χ1n) is 12.5. The summed E-state index contributed by atoms with van der Waals surface area (Å²) in [6.07, 6.45) is 2.51. The molecule has 2 aromatic carbocycles. The Morgan fingerprint density at radius 3 is 2.29 bits per heavy atom. The first-order chi connectivity index (χ1) is 16.8. The van der Waals surface area contributed by atoms with Gasteiger partial charge in [-0.2, -0.15) is 0 Å². The minimum Gasteiger partial charge on any atom is -0.338 e. The molecule has 1 saturated heterocycles. The lowest BCUT2D eigenvalue weighted by molar-refractivity contribution is 0.0772. The number of carbonyl (C=O) groups is 2. The molecular weight excluding hydrogens is 434 g/mol. The average molecular weight is 468 g/mol. The van der Waals surface area contributed by atoms with E-state index >= 15 is 0 Å². The van der Waals surface area contributed by atoms with Crippen LogP contribution in [0.3, 0.4) is 0 Å². The van der Waals surface area contributed by atoms with Crippen LogP contribution in [0.5, 0.6) is 0 Å². The van der Waals surface area contributed by atoms with E-state index in [1.807, 2.05) is 36.1 Å². The average Bonchev–Trinajstić information content (AvgIpc) is 3.32. The van der Waals surface area contributed by atoms with Crippen molar-refractivity contribution in [1.82, 2.24) is 9.88 Å². The fourth-order valence-corrected chi connectivity index (χ4v) is 5.34. The highest BCUT2D eigenvalue weighted by atomic mass is 16.2. The number of hydrogen-bond donors (Lipinski definition) is 1. The van der Waals surface area contributed by atoms with Crippen LogP contribution in [0, 0.1) is 31.6 Å². The van der Waals surface area contributed by atoms with Crippen molar-refractivity contribution >= 4 is 17.5 Å². The van der Waals surface area contributed by atoms with E-state index in [2.05, 4.69) is 55.3 Å². The number of rotatable bonds is 6. The molecule has 35 heavy (non-hydrogen) atoms. The molecule has 2 heterocycles. The number of fused-ring (bicyclic) bond motifs is 1. The van der Waals surface area contributed by atoms with Crippen LogP contribution in [-0.4, -0.2) is 34.8 Å². The Hall–Kier alpha value is -3.47. The summed E-state index contributed by atoms with van der Waals surface area (Å²) in [6.45, 7) is 9.93. The monoisotopic (exact) mass is 467 g/mol. The lowest BCUT2D eigenvalue weighted by Crippen LogP contribution is -2.31. The molecule has 1 N–H and O–H groups in total. The van der Waals surface area contributed by atoms with E-state index in [1.165, 1.54) is 11.1 Å². The highest BCUT2D eigenvalue weighted by molar-refractivity contribution is 6.05. The molecule has 2 fully saturated rings. The molecule has 1 aliphatic carbocycles. The van der Waals surface area contributed by atoms with Gasteiger partial charge in [-0.05, 0) is 79.3 Å². The second-order valence-corrected chi connectivity index (χ2v) is 10.6. The zero-order valence-electron chi connectivity index (χ0n) is 20.9. The summed E-state index contributed by atoms with van der Waals surface area (Å²) < 4.78 is 0. The quantitative estimate of drug-likeness (QED) is 0.511. The third kappa shape index (κ3) is 4.86. The van der Waals surface area contributed by atoms with E-state index in [4.69, 9.17) is 0 Å². The highest BCUT2D eigenvalue weighted by Gasteiger charge is 2.57. The molecule has 3 aromatic rings. The number of pyridine rings is 1. The molecule has 2 aliphatic rings. The van der Waals surface area contributed by atoms with Gasteiger partial charge in [0.25, 0.3) is 11.8 Å². The third-order valence-corrected chi connectivity index (χ3v) is 7.38. The van der Waals surface area contributed by atoms with E-state index < -0.39 is 0 Å². The lowest BCUT2D eigenvalue weighted by Gasteiger charge is -2.21. The first kappa shape index (κ1) is 23.3. The molecule has 5 nitrogen and oxygen atoms in total. The summed E-state index contributed by atoms with van der Waals surface area (Å²) >= 11 is 0. The standard InChI is InChI=1S/C30H33N3O2/c1-18(2)13-24-12-11-23(15-31-24)29(34)32-27-14-22(10-7-20(27)4)30(35)33-16-25-26(17-33)28(25)21-8-5-19(3)6-9-21/h5-12,14-15,18,25-26,28H,13,16-17H2,1-4H3,(H,32,34)/t25-,26+,28?. The van der Waals surface area contributed by atoms with Gasteiger partial charge < -0.3 is 10.2 Å². The van der Waals surface area contributed by atoms with Gasteiger partial charge in [0.15, 0.2) is 0 Å². The molecule has 1 aliphatic heterocycles. The van der Waals surface area contributed by atoms with Crippen molar-refractivity contribution in [1.29, 1.82) is 0 Å². The number of benzene rings is 2. The molecule has 5 heteroatoms. The summed E-state index contributed by atoms with van der Waals surface area (Å²) in [4.78, 5) is 32.5. The molecule has 1 saturated carbocycles. The van der Waals surface area contributed by atoms with Gasteiger partial charge in [-0.15, -0.1) is 0 Å². The highest BCUT2D eigenvalue weighted by Crippen LogP contribution is 2.58. The predicted molar refractivity (Wildman–Crippen MR) is 139 cm³/mol. The van der Waals surface area contributed by atoms with E-state index in [1.54, 1.807) is 12.3 Å². The summed E-state index contributed by atoms with van der Waals surface area (Å²) in [5.74, 6) is 2.02. The van der Waals surface area contributed by atoms with Gasteiger partial charge in [0, 0.05) is 36.2 Å². The Bertz CT molecular complexity index is 1240. The summed E-state index contributed by atoms with van der Waals surface area (Å²) in [7, 11) is 0. The lowest BCUT2D eigenvalue weighted by atomic mass is 10.0.